The van der Waals surface area contributed by atoms with E-state index >= 15 is 0 Å². The van der Waals surface area contributed by atoms with Crippen molar-refractivity contribution in [3.63, 3.8) is 0 Å². The van der Waals surface area contributed by atoms with Gasteiger partial charge in [0, 0.05) is 6.42 Å². The molecular formula is C10H17NO. The van der Waals surface area contributed by atoms with Crippen molar-refractivity contribution < 1.29 is 4.79 Å². The zero-order valence-electron chi connectivity index (χ0n) is 7.73. The lowest BCUT2D eigenvalue weighted by molar-refractivity contribution is -0.118. The molecule has 12 heavy (non-hydrogen) atoms. The van der Waals surface area contributed by atoms with E-state index in [1.807, 2.05) is 0 Å². The van der Waals surface area contributed by atoms with E-state index in [4.69, 9.17) is 5.73 Å². The lowest BCUT2D eigenvalue weighted by Crippen LogP contribution is -2.11. The summed E-state index contributed by atoms with van der Waals surface area (Å²) in [5.74, 6) is -0.180. The van der Waals surface area contributed by atoms with E-state index < -0.39 is 0 Å². The smallest absolute Gasteiger partial charge is 0.217 e. The summed E-state index contributed by atoms with van der Waals surface area (Å²) in [6.45, 7) is 2.18. The van der Waals surface area contributed by atoms with Gasteiger partial charge in [-0.25, -0.2) is 0 Å². The van der Waals surface area contributed by atoms with Gasteiger partial charge in [-0.2, -0.15) is 0 Å². The Kier molecular flexibility index (Phi) is 3.32. The van der Waals surface area contributed by atoms with Crippen LogP contribution >= 0.6 is 0 Å². The van der Waals surface area contributed by atoms with Crippen molar-refractivity contribution in [3.05, 3.63) is 11.1 Å². The molecule has 1 amide bonds. The van der Waals surface area contributed by atoms with Crippen molar-refractivity contribution >= 4 is 5.91 Å². The molecule has 0 aliphatic heterocycles. The van der Waals surface area contributed by atoms with Gasteiger partial charge >= 0.3 is 0 Å². The average molecular weight is 167 g/mol. The first-order chi connectivity index (χ1) is 5.70. The van der Waals surface area contributed by atoms with E-state index in [0.29, 0.717) is 6.42 Å². The second kappa shape index (κ2) is 4.29. The van der Waals surface area contributed by atoms with Crippen molar-refractivity contribution in [1.29, 1.82) is 0 Å². The minimum absolute atomic E-state index is 0.180. The number of hydrogen-bond acceptors (Lipinski definition) is 1. The van der Waals surface area contributed by atoms with Crippen LogP contribution < -0.4 is 5.73 Å². The lowest BCUT2D eigenvalue weighted by Gasteiger charge is -2.16. The number of amides is 1. The fourth-order valence-electron chi connectivity index (χ4n) is 1.73. The first-order valence-corrected chi connectivity index (χ1v) is 4.66. The standard InChI is InChI=1S/C10H17NO/c1-8-4-2-3-5-9(8)6-7-10(11)12/h2-7H2,1H3,(H2,11,12). The maximum absolute atomic E-state index is 10.5. The van der Waals surface area contributed by atoms with Crippen LogP contribution in [0, 0.1) is 0 Å². The van der Waals surface area contributed by atoms with Gasteiger partial charge in [-0.3, -0.25) is 4.79 Å². The molecule has 0 unspecified atom stereocenters. The Balaban J connectivity index is 2.43. The van der Waals surface area contributed by atoms with Crippen LogP contribution in [-0.2, 0) is 4.79 Å². The molecule has 0 atom stereocenters. The Hall–Kier alpha value is -0.790. The molecule has 2 N–H and O–H groups in total. The SMILES string of the molecule is CC1=C(CCC(N)=O)CCCC1. The van der Waals surface area contributed by atoms with Crippen LogP contribution in [-0.4, -0.2) is 5.91 Å². The number of allylic oxidation sites excluding steroid dienone is 2. The quantitative estimate of drug-likeness (QED) is 0.643. The maximum atomic E-state index is 10.5. The molecule has 0 heterocycles. The molecule has 0 radical (unpaired) electrons. The summed E-state index contributed by atoms with van der Waals surface area (Å²) in [6, 6.07) is 0. The van der Waals surface area contributed by atoms with Crippen molar-refractivity contribution in [2.45, 2.75) is 45.4 Å². The molecule has 1 aliphatic carbocycles. The molecule has 0 saturated heterocycles. The highest BCUT2D eigenvalue weighted by atomic mass is 16.1. The molecule has 0 aromatic carbocycles. The number of hydrogen-bond donors (Lipinski definition) is 1. The Morgan fingerprint density at radius 3 is 2.67 bits per heavy atom. The molecule has 68 valence electrons. The average Bonchev–Trinajstić information content (AvgIpc) is 2.03. The van der Waals surface area contributed by atoms with Crippen molar-refractivity contribution in [1.82, 2.24) is 0 Å². The van der Waals surface area contributed by atoms with Crippen LogP contribution in [0.25, 0.3) is 0 Å². The predicted octanol–water partition coefficient (Wildman–Crippen LogP) is 2.14. The summed E-state index contributed by atoms with van der Waals surface area (Å²) in [5.41, 5.74) is 8.05. The Bertz CT molecular complexity index is 206. The normalized spacial score (nSPS) is 18.1. The lowest BCUT2D eigenvalue weighted by atomic mass is 9.90. The van der Waals surface area contributed by atoms with Gasteiger partial charge in [0.2, 0.25) is 5.91 Å². The van der Waals surface area contributed by atoms with Crippen molar-refractivity contribution in [2.75, 3.05) is 0 Å². The first kappa shape index (κ1) is 9.30. The van der Waals surface area contributed by atoms with Crippen LogP contribution in [0.3, 0.4) is 0 Å². The summed E-state index contributed by atoms with van der Waals surface area (Å²) >= 11 is 0. The molecule has 0 aromatic heterocycles. The van der Waals surface area contributed by atoms with Crippen molar-refractivity contribution in [3.8, 4) is 0 Å². The van der Waals surface area contributed by atoms with E-state index in [-0.39, 0.29) is 5.91 Å². The highest BCUT2D eigenvalue weighted by Crippen LogP contribution is 2.27. The topological polar surface area (TPSA) is 43.1 Å². The number of rotatable bonds is 3. The van der Waals surface area contributed by atoms with Gasteiger partial charge in [-0.05, 0) is 39.0 Å². The minimum atomic E-state index is -0.180. The number of primary amides is 1. The maximum Gasteiger partial charge on any atom is 0.217 e. The third kappa shape index (κ3) is 2.68. The van der Waals surface area contributed by atoms with Gasteiger partial charge in [-0.1, -0.05) is 11.1 Å². The second-order valence-electron chi connectivity index (χ2n) is 3.56. The molecule has 1 rings (SSSR count). The summed E-state index contributed by atoms with van der Waals surface area (Å²) in [7, 11) is 0. The Morgan fingerprint density at radius 1 is 1.42 bits per heavy atom. The van der Waals surface area contributed by atoms with Gasteiger partial charge in [0.05, 0.1) is 0 Å². The summed E-state index contributed by atoms with van der Waals surface area (Å²) in [6.07, 6.45) is 6.40. The molecule has 0 bridgehead atoms. The zero-order valence-corrected chi connectivity index (χ0v) is 7.73. The molecule has 0 aromatic rings. The van der Waals surface area contributed by atoms with Crippen LogP contribution in [0.2, 0.25) is 0 Å². The molecule has 2 heteroatoms. The fourth-order valence-corrected chi connectivity index (χ4v) is 1.73. The molecule has 1 aliphatic rings. The van der Waals surface area contributed by atoms with Gasteiger partial charge in [0.15, 0.2) is 0 Å². The van der Waals surface area contributed by atoms with Gasteiger partial charge < -0.3 is 5.73 Å². The van der Waals surface area contributed by atoms with E-state index in [1.165, 1.54) is 36.8 Å². The summed E-state index contributed by atoms with van der Waals surface area (Å²) in [5, 5.41) is 0. The fraction of sp³-hybridized carbons (Fsp3) is 0.700. The zero-order chi connectivity index (χ0) is 8.97. The molecule has 0 spiro atoms. The van der Waals surface area contributed by atoms with Crippen molar-refractivity contribution in [2.24, 2.45) is 5.73 Å². The highest BCUT2D eigenvalue weighted by molar-refractivity contribution is 5.74. The van der Waals surface area contributed by atoms with Crippen LogP contribution in [0.1, 0.15) is 45.4 Å². The Labute approximate surface area is 73.8 Å². The van der Waals surface area contributed by atoms with E-state index in [0.717, 1.165) is 6.42 Å². The van der Waals surface area contributed by atoms with Crippen LogP contribution in [0.5, 0.6) is 0 Å². The summed E-state index contributed by atoms with van der Waals surface area (Å²) < 4.78 is 0. The van der Waals surface area contributed by atoms with Gasteiger partial charge in [-0.15, -0.1) is 0 Å². The second-order valence-corrected chi connectivity index (χ2v) is 3.56. The molecular weight excluding hydrogens is 150 g/mol. The van der Waals surface area contributed by atoms with Gasteiger partial charge in [0.1, 0.15) is 0 Å². The first-order valence-electron chi connectivity index (χ1n) is 4.66. The highest BCUT2D eigenvalue weighted by Gasteiger charge is 2.09. The van der Waals surface area contributed by atoms with E-state index in [1.54, 1.807) is 0 Å². The molecule has 0 saturated carbocycles. The Morgan fingerprint density at radius 2 is 2.08 bits per heavy atom. The van der Waals surface area contributed by atoms with Crippen LogP contribution in [0.4, 0.5) is 0 Å². The minimum Gasteiger partial charge on any atom is -0.370 e. The number of carbonyl (C=O) groups is 1. The molecule has 2 nitrogen and oxygen atoms in total. The number of nitrogens with two attached hydrogens (primary N) is 1. The summed E-state index contributed by atoms with van der Waals surface area (Å²) in [4.78, 5) is 10.5. The monoisotopic (exact) mass is 167 g/mol. The largest absolute Gasteiger partial charge is 0.370 e. The third-order valence-corrected chi connectivity index (χ3v) is 2.56. The molecule has 0 fully saturated rings. The van der Waals surface area contributed by atoms with Gasteiger partial charge in [0.25, 0.3) is 0 Å². The van der Waals surface area contributed by atoms with E-state index in [2.05, 4.69) is 6.92 Å². The van der Waals surface area contributed by atoms with E-state index in [9.17, 15) is 4.79 Å². The third-order valence-electron chi connectivity index (χ3n) is 2.56. The van der Waals surface area contributed by atoms with Crippen LogP contribution in [0.15, 0.2) is 11.1 Å². The predicted molar refractivity (Wildman–Crippen MR) is 49.6 cm³/mol. The number of carbonyl (C=O) groups excluding carboxylic acids is 1.